The van der Waals surface area contributed by atoms with Crippen molar-refractivity contribution in [3.8, 4) is 0 Å². The lowest BCUT2D eigenvalue weighted by Crippen LogP contribution is -2.40. The predicted octanol–water partition coefficient (Wildman–Crippen LogP) is 3.65. The smallest absolute Gasteiger partial charge is 0.407 e. The van der Waals surface area contributed by atoms with Crippen LogP contribution in [-0.4, -0.2) is 52.5 Å². The van der Waals surface area contributed by atoms with Gasteiger partial charge in [-0.05, 0) is 60.9 Å². The van der Waals surface area contributed by atoms with Gasteiger partial charge in [-0.1, -0.05) is 49.9 Å². The van der Waals surface area contributed by atoms with Crippen molar-refractivity contribution < 1.29 is 28.2 Å². The number of rotatable bonds is 13. The van der Waals surface area contributed by atoms with Crippen LogP contribution in [-0.2, 0) is 28.2 Å². The maximum absolute atomic E-state index is 12.2. The zero-order valence-electron chi connectivity index (χ0n) is 22.1. The zero-order valence-corrected chi connectivity index (χ0v) is 22.1. The molecule has 0 spiro atoms. The molecule has 2 aromatic carbocycles. The molecule has 10 heteroatoms. The molecule has 2 fully saturated rings. The van der Waals surface area contributed by atoms with Crippen molar-refractivity contribution in [2.24, 2.45) is 0 Å². The summed E-state index contributed by atoms with van der Waals surface area (Å²) in [6.45, 7) is 2.84. The van der Waals surface area contributed by atoms with Gasteiger partial charge in [0.1, 0.15) is 0 Å². The molecule has 2 aromatic rings. The Hall–Kier alpha value is -2.65. The first-order valence-corrected chi connectivity index (χ1v) is 13.9. The molecule has 2 N–H and O–H groups in total. The third-order valence-electron chi connectivity index (χ3n) is 6.65. The number of nitrogens with one attached hydrogen (secondary N) is 2. The quantitative estimate of drug-likeness (QED) is 0.310. The molecular weight excluding hydrogens is 482 g/mol. The highest BCUT2D eigenvalue weighted by molar-refractivity contribution is 6.61. The summed E-state index contributed by atoms with van der Waals surface area (Å²) >= 11 is 0. The molecule has 8 nitrogen and oxygen atoms in total. The number of carbonyl (C=O) groups is 2. The van der Waals surface area contributed by atoms with Gasteiger partial charge in [-0.2, -0.15) is 0 Å². The van der Waals surface area contributed by atoms with Crippen LogP contribution in [0.4, 0.5) is 11.4 Å². The van der Waals surface area contributed by atoms with Crippen molar-refractivity contribution in [3.05, 3.63) is 48.5 Å². The third-order valence-corrected chi connectivity index (χ3v) is 6.65. The number of anilines is 2. The van der Waals surface area contributed by atoms with Gasteiger partial charge in [0.05, 0.1) is 0 Å². The SMILES string of the molecule is O=C(CCCCCCCCC(=O)Nc1ccc(B2OCCCO2)cc1)Nc1ccc(B2OCCCO2)cc1. The molecule has 0 aromatic heterocycles. The van der Waals surface area contributed by atoms with Crippen molar-refractivity contribution in [2.45, 2.75) is 64.2 Å². The van der Waals surface area contributed by atoms with E-state index in [0.717, 1.165) is 73.7 Å². The topological polar surface area (TPSA) is 95.1 Å². The van der Waals surface area contributed by atoms with Crippen LogP contribution in [0.25, 0.3) is 0 Å². The molecule has 2 heterocycles. The van der Waals surface area contributed by atoms with Crippen molar-refractivity contribution in [3.63, 3.8) is 0 Å². The van der Waals surface area contributed by atoms with E-state index in [4.69, 9.17) is 18.6 Å². The summed E-state index contributed by atoms with van der Waals surface area (Å²) in [5, 5.41) is 5.92. The summed E-state index contributed by atoms with van der Waals surface area (Å²) in [5.41, 5.74) is 3.51. The molecular formula is C28H38B2N2O6. The minimum atomic E-state index is -0.308. The molecule has 202 valence electrons. The maximum Gasteiger partial charge on any atom is 0.493 e. The van der Waals surface area contributed by atoms with E-state index in [1.807, 2.05) is 48.5 Å². The minimum absolute atomic E-state index is 0.0337. The molecule has 2 aliphatic rings. The lowest BCUT2D eigenvalue weighted by atomic mass is 9.78. The second kappa shape index (κ2) is 15.7. The highest BCUT2D eigenvalue weighted by Gasteiger charge is 2.25. The van der Waals surface area contributed by atoms with Gasteiger partial charge < -0.3 is 29.3 Å². The van der Waals surface area contributed by atoms with E-state index in [9.17, 15) is 9.59 Å². The summed E-state index contributed by atoms with van der Waals surface area (Å²) in [6, 6.07) is 15.3. The molecule has 0 aliphatic carbocycles. The van der Waals surface area contributed by atoms with Gasteiger partial charge in [-0.25, -0.2) is 0 Å². The minimum Gasteiger partial charge on any atom is -0.407 e. The normalized spacial score (nSPS) is 15.8. The molecule has 0 unspecified atom stereocenters. The molecule has 2 amide bonds. The Morgan fingerprint density at radius 2 is 0.895 bits per heavy atom. The molecule has 38 heavy (non-hydrogen) atoms. The lowest BCUT2D eigenvalue weighted by Gasteiger charge is -2.20. The predicted molar refractivity (Wildman–Crippen MR) is 151 cm³/mol. The van der Waals surface area contributed by atoms with Crippen LogP contribution in [0.1, 0.15) is 64.2 Å². The Balaban J connectivity index is 1.00. The number of carbonyl (C=O) groups excluding carboxylic acids is 2. The summed E-state index contributed by atoms with van der Waals surface area (Å²) in [7, 11) is -0.615. The highest BCUT2D eigenvalue weighted by atomic mass is 16.6. The van der Waals surface area contributed by atoms with Gasteiger partial charge >= 0.3 is 14.2 Å². The van der Waals surface area contributed by atoms with E-state index < -0.39 is 0 Å². The molecule has 2 aliphatic heterocycles. The van der Waals surface area contributed by atoms with Crippen LogP contribution >= 0.6 is 0 Å². The molecule has 0 radical (unpaired) electrons. The highest BCUT2D eigenvalue weighted by Crippen LogP contribution is 2.13. The zero-order chi connectivity index (χ0) is 26.4. The fourth-order valence-electron chi connectivity index (χ4n) is 4.53. The molecule has 0 saturated carbocycles. The Kier molecular flexibility index (Phi) is 11.7. The Bertz CT molecular complexity index is 912. The third kappa shape index (κ3) is 9.58. The number of hydrogen-bond acceptors (Lipinski definition) is 6. The average Bonchev–Trinajstić information content (AvgIpc) is 2.96. The van der Waals surface area contributed by atoms with E-state index in [1.165, 1.54) is 0 Å². The van der Waals surface area contributed by atoms with E-state index >= 15 is 0 Å². The first kappa shape index (κ1) is 28.4. The maximum atomic E-state index is 12.2. The molecule has 0 atom stereocenters. The standard InChI is InChI=1S/C28H38B2N2O6/c33-27(31-25-15-11-23(12-16-25)29-35-19-7-20-36-29)9-5-3-1-2-4-6-10-28(34)32-26-17-13-24(14-18-26)30-37-21-8-22-38-30/h11-18H,1-10,19-22H2,(H,31,33)(H,32,34). The first-order chi connectivity index (χ1) is 18.7. The van der Waals surface area contributed by atoms with Crippen molar-refractivity contribution in [1.29, 1.82) is 0 Å². The van der Waals surface area contributed by atoms with Crippen LogP contribution in [0.5, 0.6) is 0 Å². The van der Waals surface area contributed by atoms with Crippen LogP contribution in [0.15, 0.2) is 48.5 Å². The first-order valence-electron chi connectivity index (χ1n) is 13.9. The second-order valence-electron chi connectivity index (χ2n) is 9.82. The van der Waals surface area contributed by atoms with Crippen LogP contribution in [0, 0.1) is 0 Å². The Morgan fingerprint density at radius 1 is 0.553 bits per heavy atom. The van der Waals surface area contributed by atoms with Crippen molar-refractivity contribution in [1.82, 2.24) is 0 Å². The summed E-state index contributed by atoms with van der Waals surface area (Å²) in [6.07, 6.45) is 8.74. The van der Waals surface area contributed by atoms with Crippen molar-refractivity contribution in [2.75, 3.05) is 37.1 Å². The summed E-state index contributed by atoms with van der Waals surface area (Å²) in [4.78, 5) is 24.5. The fourth-order valence-corrected chi connectivity index (χ4v) is 4.53. The van der Waals surface area contributed by atoms with Gasteiger partial charge in [-0.3, -0.25) is 9.59 Å². The molecule has 2 saturated heterocycles. The fraction of sp³-hybridized carbons (Fsp3) is 0.500. The lowest BCUT2D eigenvalue weighted by molar-refractivity contribution is -0.117. The number of amides is 2. The van der Waals surface area contributed by atoms with E-state index in [-0.39, 0.29) is 26.1 Å². The van der Waals surface area contributed by atoms with Gasteiger partial charge in [0.15, 0.2) is 0 Å². The van der Waals surface area contributed by atoms with Crippen LogP contribution < -0.4 is 21.6 Å². The van der Waals surface area contributed by atoms with E-state index in [0.29, 0.717) is 39.3 Å². The van der Waals surface area contributed by atoms with Gasteiger partial charge in [-0.15, -0.1) is 0 Å². The van der Waals surface area contributed by atoms with E-state index in [2.05, 4.69) is 10.6 Å². The largest absolute Gasteiger partial charge is 0.493 e. The molecule has 0 bridgehead atoms. The number of hydrogen-bond donors (Lipinski definition) is 2. The monoisotopic (exact) mass is 520 g/mol. The van der Waals surface area contributed by atoms with E-state index in [1.54, 1.807) is 0 Å². The second-order valence-corrected chi connectivity index (χ2v) is 9.82. The Morgan fingerprint density at radius 3 is 1.26 bits per heavy atom. The van der Waals surface area contributed by atoms with Crippen molar-refractivity contribution >= 4 is 48.4 Å². The van der Waals surface area contributed by atoms with Gasteiger partial charge in [0.25, 0.3) is 0 Å². The number of benzene rings is 2. The Labute approximate surface area is 226 Å². The number of unbranched alkanes of at least 4 members (excludes halogenated alkanes) is 5. The van der Waals surface area contributed by atoms with Gasteiger partial charge in [0.2, 0.25) is 11.8 Å². The van der Waals surface area contributed by atoms with Crippen LogP contribution in [0.2, 0.25) is 0 Å². The molecule has 4 rings (SSSR count). The van der Waals surface area contributed by atoms with Crippen LogP contribution in [0.3, 0.4) is 0 Å². The van der Waals surface area contributed by atoms with Gasteiger partial charge in [0, 0.05) is 50.6 Å². The summed E-state index contributed by atoms with van der Waals surface area (Å²) < 4.78 is 22.4. The summed E-state index contributed by atoms with van der Waals surface area (Å²) in [5.74, 6) is 0.0674. The average molecular weight is 520 g/mol.